The van der Waals surface area contributed by atoms with Gasteiger partial charge in [-0.25, -0.2) is 0 Å². The Balaban J connectivity index is 1.74. The van der Waals surface area contributed by atoms with Gasteiger partial charge in [0.05, 0.1) is 12.7 Å². The minimum absolute atomic E-state index is 0.390. The SMILES string of the molecule is CCCNCC1(CCC2CCCO2)CCOC1. The van der Waals surface area contributed by atoms with Gasteiger partial charge in [-0.2, -0.15) is 0 Å². The summed E-state index contributed by atoms with van der Waals surface area (Å²) in [6.45, 7) is 7.32. The van der Waals surface area contributed by atoms with Crippen molar-refractivity contribution in [2.24, 2.45) is 5.41 Å². The van der Waals surface area contributed by atoms with Crippen LogP contribution >= 0.6 is 0 Å². The fourth-order valence-electron chi connectivity index (χ4n) is 2.94. The highest BCUT2D eigenvalue weighted by Gasteiger charge is 2.35. The summed E-state index contributed by atoms with van der Waals surface area (Å²) in [5.41, 5.74) is 0.390. The van der Waals surface area contributed by atoms with Crippen molar-refractivity contribution >= 4 is 0 Å². The molecule has 2 aliphatic heterocycles. The average Bonchev–Trinajstić information content (AvgIpc) is 2.99. The van der Waals surface area contributed by atoms with Gasteiger partial charge in [-0.1, -0.05) is 6.92 Å². The van der Waals surface area contributed by atoms with Crippen LogP contribution in [0.5, 0.6) is 0 Å². The first-order valence-electron chi connectivity index (χ1n) is 7.25. The minimum atomic E-state index is 0.390. The van der Waals surface area contributed by atoms with E-state index in [2.05, 4.69) is 12.2 Å². The molecule has 0 saturated carbocycles. The van der Waals surface area contributed by atoms with E-state index in [1.807, 2.05) is 0 Å². The monoisotopic (exact) mass is 241 g/mol. The van der Waals surface area contributed by atoms with Crippen molar-refractivity contribution in [1.29, 1.82) is 0 Å². The van der Waals surface area contributed by atoms with Crippen LogP contribution < -0.4 is 5.32 Å². The van der Waals surface area contributed by atoms with E-state index < -0.39 is 0 Å². The lowest BCUT2D eigenvalue weighted by molar-refractivity contribution is 0.0806. The molecule has 1 N–H and O–H groups in total. The van der Waals surface area contributed by atoms with E-state index in [-0.39, 0.29) is 0 Å². The Morgan fingerprint density at radius 2 is 2.29 bits per heavy atom. The topological polar surface area (TPSA) is 30.5 Å². The highest BCUT2D eigenvalue weighted by Crippen LogP contribution is 2.35. The zero-order valence-corrected chi connectivity index (χ0v) is 11.2. The van der Waals surface area contributed by atoms with E-state index in [9.17, 15) is 0 Å². The molecule has 3 nitrogen and oxygen atoms in total. The Hall–Kier alpha value is -0.120. The maximum atomic E-state index is 5.72. The van der Waals surface area contributed by atoms with Crippen LogP contribution in [-0.2, 0) is 9.47 Å². The van der Waals surface area contributed by atoms with Crippen molar-refractivity contribution in [3.8, 4) is 0 Å². The van der Waals surface area contributed by atoms with Crippen molar-refractivity contribution in [3.05, 3.63) is 0 Å². The summed E-state index contributed by atoms with van der Waals surface area (Å²) in [4.78, 5) is 0. The molecule has 2 aliphatic rings. The second-order valence-electron chi connectivity index (χ2n) is 5.65. The zero-order chi connectivity index (χ0) is 12.0. The number of hydrogen-bond acceptors (Lipinski definition) is 3. The number of nitrogens with one attached hydrogen (secondary N) is 1. The molecule has 0 aliphatic carbocycles. The van der Waals surface area contributed by atoms with Gasteiger partial charge in [0, 0.05) is 25.2 Å². The van der Waals surface area contributed by atoms with Gasteiger partial charge in [0.2, 0.25) is 0 Å². The molecule has 2 saturated heterocycles. The van der Waals surface area contributed by atoms with Crippen LogP contribution in [0.1, 0.15) is 45.4 Å². The third-order valence-electron chi connectivity index (χ3n) is 4.13. The Morgan fingerprint density at radius 3 is 2.94 bits per heavy atom. The molecule has 2 fully saturated rings. The third kappa shape index (κ3) is 3.94. The first kappa shape index (κ1) is 13.3. The zero-order valence-electron chi connectivity index (χ0n) is 11.2. The first-order valence-corrected chi connectivity index (χ1v) is 7.25. The molecule has 3 heteroatoms. The molecular formula is C14H27NO2. The molecule has 0 aromatic heterocycles. The number of ether oxygens (including phenoxy) is 2. The van der Waals surface area contributed by atoms with Crippen LogP contribution in [0.15, 0.2) is 0 Å². The predicted octanol–water partition coefficient (Wildman–Crippen LogP) is 2.35. The molecular weight excluding hydrogens is 214 g/mol. The van der Waals surface area contributed by atoms with Gasteiger partial charge in [-0.3, -0.25) is 0 Å². The van der Waals surface area contributed by atoms with Gasteiger partial charge in [0.15, 0.2) is 0 Å². The molecule has 0 spiro atoms. The lowest BCUT2D eigenvalue weighted by atomic mass is 9.81. The fraction of sp³-hybridized carbons (Fsp3) is 1.00. The number of rotatable bonds is 7. The van der Waals surface area contributed by atoms with Gasteiger partial charge in [0.25, 0.3) is 0 Å². The molecule has 0 aromatic rings. The van der Waals surface area contributed by atoms with Crippen LogP contribution in [-0.4, -0.2) is 39.0 Å². The first-order chi connectivity index (χ1) is 8.35. The average molecular weight is 241 g/mol. The summed E-state index contributed by atoms with van der Waals surface area (Å²) in [6, 6.07) is 0. The van der Waals surface area contributed by atoms with Crippen LogP contribution in [0.3, 0.4) is 0 Å². The van der Waals surface area contributed by atoms with Gasteiger partial charge in [0.1, 0.15) is 0 Å². The van der Waals surface area contributed by atoms with Crippen molar-refractivity contribution in [3.63, 3.8) is 0 Å². The lowest BCUT2D eigenvalue weighted by Gasteiger charge is -2.29. The molecule has 0 bridgehead atoms. The normalized spacial score (nSPS) is 33.4. The van der Waals surface area contributed by atoms with Crippen LogP contribution in [0.2, 0.25) is 0 Å². The smallest absolute Gasteiger partial charge is 0.0576 e. The van der Waals surface area contributed by atoms with Crippen molar-refractivity contribution in [2.75, 3.05) is 32.9 Å². The molecule has 17 heavy (non-hydrogen) atoms. The number of hydrogen-bond donors (Lipinski definition) is 1. The van der Waals surface area contributed by atoms with Gasteiger partial charge < -0.3 is 14.8 Å². The summed E-state index contributed by atoms with van der Waals surface area (Å²) in [7, 11) is 0. The summed E-state index contributed by atoms with van der Waals surface area (Å²) < 4.78 is 11.3. The van der Waals surface area contributed by atoms with E-state index >= 15 is 0 Å². The molecule has 0 amide bonds. The fourth-order valence-corrected chi connectivity index (χ4v) is 2.94. The molecule has 100 valence electrons. The lowest BCUT2D eigenvalue weighted by Crippen LogP contribution is -2.36. The molecule has 2 atom stereocenters. The van der Waals surface area contributed by atoms with Crippen LogP contribution in [0, 0.1) is 5.41 Å². The summed E-state index contributed by atoms with van der Waals surface area (Å²) >= 11 is 0. The Kier molecular flexibility index (Phi) is 5.26. The Bertz CT molecular complexity index is 208. The van der Waals surface area contributed by atoms with E-state index in [1.54, 1.807) is 0 Å². The molecule has 0 radical (unpaired) electrons. The minimum Gasteiger partial charge on any atom is -0.381 e. The van der Waals surface area contributed by atoms with E-state index in [0.717, 1.165) is 32.9 Å². The van der Waals surface area contributed by atoms with E-state index in [1.165, 1.54) is 38.5 Å². The Labute approximate surface area is 105 Å². The highest BCUT2D eigenvalue weighted by molar-refractivity contribution is 4.86. The summed E-state index contributed by atoms with van der Waals surface area (Å²) in [5.74, 6) is 0. The second-order valence-corrected chi connectivity index (χ2v) is 5.65. The summed E-state index contributed by atoms with van der Waals surface area (Å²) in [6.07, 6.45) is 7.95. The van der Waals surface area contributed by atoms with Gasteiger partial charge in [-0.15, -0.1) is 0 Å². The van der Waals surface area contributed by atoms with Crippen molar-refractivity contribution < 1.29 is 9.47 Å². The van der Waals surface area contributed by atoms with Crippen LogP contribution in [0.25, 0.3) is 0 Å². The molecule has 2 heterocycles. The quantitative estimate of drug-likeness (QED) is 0.694. The summed E-state index contributed by atoms with van der Waals surface area (Å²) in [5, 5.41) is 3.57. The van der Waals surface area contributed by atoms with Gasteiger partial charge in [-0.05, 0) is 45.1 Å². The highest BCUT2D eigenvalue weighted by atomic mass is 16.5. The third-order valence-corrected chi connectivity index (χ3v) is 4.13. The molecule has 0 aromatic carbocycles. The Morgan fingerprint density at radius 1 is 1.35 bits per heavy atom. The standard InChI is InChI=1S/C14H27NO2/c1-2-8-15-11-14(7-10-16-12-14)6-5-13-4-3-9-17-13/h13,15H,2-12H2,1H3. The second kappa shape index (κ2) is 6.72. The van der Waals surface area contributed by atoms with E-state index in [0.29, 0.717) is 11.5 Å². The van der Waals surface area contributed by atoms with Crippen molar-refractivity contribution in [2.45, 2.75) is 51.6 Å². The molecule has 2 rings (SSSR count). The largest absolute Gasteiger partial charge is 0.381 e. The maximum absolute atomic E-state index is 5.72. The predicted molar refractivity (Wildman–Crippen MR) is 69.2 cm³/mol. The van der Waals surface area contributed by atoms with Crippen LogP contribution in [0.4, 0.5) is 0 Å². The van der Waals surface area contributed by atoms with Gasteiger partial charge >= 0.3 is 0 Å². The van der Waals surface area contributed by atoms with E-state index in [4.69, 9.17) is 9.47 Å². The van der Waals surface area contributed by atoms with Crippen molar-refractivity contribution in [1.82, 2.24) is 5.32 Å². The maximum Gasteiger partial charge on any atom is 0.0576 e. The molecule has 2 unspecified atom stereocenters.